The quantitative estimate of drug-likeness (QED) is 0.0164. The molecule has 50 heteroatoms. The first-order chi connectivity index (χ1) is 59.1. The number of nitrogens with one attached hydrogen (secondary N) is 17. The van der Waals surface area contributed by atoms with E-state index in [4.69, 9.17) is 28.3 Å². The summed E-state index contributed by atoms with van der Waals surface area (Å²) in [4.78, 5) is 292. The van der Waals surface area contributed by atoms with Crippen LogP contribution in [0, 0.1) is 29.1 Å². The Morgan fingerprint density at radius 3 is 1.11 bits per heavy atom. The van der Waals surface area contributed by atoms with Gasteiger partial charge in [-0.1, -0.05) is 92.1 Å². The molecule has 0 spiro atoms. The minimum Gasteiger partial charge on any atom is -0.481 e. The highest BCUT2D eigenvalue weighted by Crippen LogP contribution is 2.16. The van der Waals surface area contributed by atoms with Crippen molar-refractivity contribution in [3.05, 3.63) is 35.9 Å². The zero-order chi connectivity index (χ0) is 97.1. The standard InChI is InChI=1S/C77H123N21O29/c1-12-36(8)59(97-73(123)58(35(6)7)96-72(122)57(34(4)5)95-67(117)45(22-25-55(107)108)88-66(116)44(21-24-54(105)106)87-65(115)43(20-23-53(103)104)86-61(111)37(9)84-63(113)41(78)27-33(2)3)74(124)89-42(19-16-26-83-77(81)82)64(114)94-50(32-99)71(121)85-38(10)62(112)90-47(29-51(79)101)68(118)91-46(28-40-17-14-13-15-18-40)70(120)98-60(39(11)100)75(125)92-48(31-56(109)110)69(119)93-49(76(126)127)30-52(80)102/h13-15,17-18,33-39,41-50,57-60,99-100H,12,16,19-32,78H2,1-11H3,(H2,79,101)(H2,80,102)(H,84,113)(H,85,121)(H,86,111)(H,87,115)(H,88,116)(H,89,124)(H,90,112)(H,91,118)(H,92,125)(H,93,119)(H,94,114)(H,95,117)(H,96,122)(H,97,123)(H,98,120)(H,103,104)(H,105,106)(H,107,108)(H,109,110)(H,126,127)(H4,81,82,83)/t36-,37-,38-,39+,41-,42-,43-,44-,45-,46-,47-,48-,49-,50-,57-,58-,59-,60-/m0/s1. The minimum atomic E-state index is -2.11. The van der Waals surface area contributed by atoms with Crippen molar-refractivity contribution in [3.63, 3.8) is 0 Å². The van der Waals surface area contributed by atoms with Crippen LogP contribution in [0.15, 0.2) is 30.3 Å². The number of carboxylic acids is 5. The number of hydrogen-bond acceptors (Lipinski definition) is 26. The number of carbonyl (C=O) groups is 22. The molecule has 0 heterocycles. The highest BCUT2D eigenvalue weighted by atomic mass is 16.4. The summed E-state index contributed by atoms with van der Waals surface area (Å²) in [6, 6.07) is -20.5. The van der Waals surface area contributed by atoms with Crippen molar-refractivity contribution in [2.24, 2.45) is 46.6 Å². The molecule has 17 amide bonds. The largest absolute Gasteiger partial charge is 0.481 e. The molecule has 0 bridgehead atoms. The number of rotatable bonds is 60. The van der Waals surface area contributed by atoms with Crippen LogP contribution in [0.1, 0.15) is 165 Å². The average Bonchev–Trinajstić information content (AvgIpc) is 0.839. The van der Waals surface area contributed by atoms with Gasteiger partial charge in [0.2, 0.25) is 100 Å². The lowest BCUT2D eigenvalue weighted by Crippen LogP contribution is -2.63. The minimum absolute atomic E-state index is 0.0166. The lowest BCUT2D eigenvalue weighted by atomic mass is 9.95. The Bertz CT molecular complexity index is 4060. The predicted octanol–water partition coefficient (Wildman–Crippen LogP) is -9.19. The second kappa shape index (κ2) is 55.8. The third kappa shape index (κ3) is 42.3. The van der Waals surface area contributed by atoms with Gasteiger partial charge in [-0.25, -0.2) is 4.79 Å². The first-order valence-corrected chi connectivity index (χ1v) is 40.5. The van der Waals surface area contributed by atoms with Crippen LogP contribution in [0.4, 0.5) is 0 Å². The lowest BCUT2D eigenvalue weighted by Gasteiger charge is -2.31. The van der Waals surface area contributed by atoms with Gasteiger partial charge >= 0.3 is 29.8 Å². The van der Waals surface area contributed by atoms with Gasteiger partial charge in [0.05, 0.1) is 38.0 Å². The van der Waals surface area contributed by atoms with E-state index in [0.717, 1.165) is 13.8 Å². The van der Waals surface area contributed by atoms with Crippen molar-refractivity contribution in [1.29, 1.82) is 5.41 Å². The highest BCUT2D eigenvalue weighted by Gasteiger charge is 2.41. The van der Waals surface area contributed by atoms with Gasteiger partial charge in [-0.3, -0.25) is 106 Å². The Kier molecular flexibility index (Phi) is 49.1. The van der Waals surface area contributed by atoms with E-state index in [1.165, 1.54) is 65.8 Å². The lowest BCUT2D eigenvalue weighted by molar-refractivity contribution is -0.145. The van der Waals surface area contributed by atoms with E-state index in [-0.39, 0.29) is 38.1 Å². The molecule has 1 aromatic carbocycles. The molecule has 50 nitrogen and oxygen atoms in total. The second-order valence-electron chi connectivity index (χ2n) is 31.2. The summed E-state index contributed by atoms with van der Waals surface area (Å²) in [6.07, 6.45) is -9.94. The number of carboxylic acid groups (broad SMARTS) is 5. The fourth-order valence-corrected chi connectivity index (χ4v) is 11.9. The number of aliphatic carboxylic acids is 5. The van der Waals surface area contributed by atoms with Crippen LogP contribution in [0.5, 0.6) is 0 Å². The van der Waals surface area contributed by atoms with Gasteiger partial charge < -0.3 is 144 Å². The number of aliphatic hydroxyl groups is 2. The molecule has 0 aliphatic rings. The molecule has 0 aliphatic carbocycles. The van der Waals surface area contributed by atoms with Crippen LogP contribution in [0.25, 0.3) is 0 Å². The third-order valence-corrected chi connectivity index (χ3v) is 19.2. The number of hydrogen-bond donors (Lipinski definition) is 28. The van der Waals surface area contributed by atoms with Gasteiger partial charge in [-0.2, -0.15) is 0 Å². The molecule has 0 unspecified atom stereocenters. The number of primary amides is 2. The van der Waals surface area contributed by atoms with E-state index in [1.807, 2.05) is 10.6 Å². The molecule has 18 atom stereocenters. The van der Waals surface area contributed by atoms with Crippen molar-refractivity contribution in [1.82, 2.24) is 85.1 Å². The summed E-state index contributed by atoms with van der Waals surface area (Å²) in [5.41, 5.74) is 22.3. The highest BCUT2D eigenvalue weighted by molar-refractivity contribution is 6.02. The number of aliphatic hydroxyl groups excluding tert-OH is 2. The Morgan fingerprint density at radius 2 is 0.701 bits per heavy atom. The Morgan fingerprint density at radius 1 is 0.370 bits per heavy atom. The number of nitrogens with two attached hydrogens (primary N) is 4. The summed E-state index contributed by atoms with van der Waals surface area (Å²) in [6.45, 7) is 14.5. The van der Waals surface area contributed by atoms with Gasteiger partial charge in [-0.05, 0) is 88.5 Å². The van der Waals surface area contributed by atoms with E-state index in [9.17, 15) is 141 Å². The summed E-state index contributed by atoms with van der Waals surface area (Å²) >= 11 is 0. The van der Waals surface area contributed by atoms with Crippen molar-refractivity contribution < 1.29 is 141 Å². The number of amides is 17. The Hall–Kier alpha value is -13.3. The second-order valence-corrected chi connectivity index (χ2v) is 31.2. The zero-order valence-electron chi connectivity index (χ0n) is 72.2. The summed E-state index contributed by atoms with van der Waals surface area (Å²) < 4.78 is 0. The SMILES string of the molecule is CC[C@H](C)[C@H](NC(=O)[C@@H](NC(=O)[C@@H](NC(=O)[C@H](CCC(=O)O)NC(=O)[C@H](CCC(=O)O)NC(=O)[C@H](CCC(=O)O)NC(=O)[C@H](C)NC(=O)[C@@H](N)CC(C)C)C(C)C)C(C)C)C(=O)N[C@@H](CCCNC(=N)N)C(=O)N[C@@H](CO)C(=O)N[C@@H](C)C(=O)N[C@@H](CC(N)=O)C(=O)N[C@@H](Cc1ccccc1)C(=O)N[C@H](C(=O)N[C@@H](CC(=O)O)C(=O)N[C@@H](CC(N)=O)C(=O)O)[C@@H](C)O. The normalized spacial score (nSPS) is 15.3. The molecule has 32 N–H and O–H groups in total. The van der Waals surface area contributed by atoms with Gasteiger partial charge in [0.25, 0.3) is 0 Å². The number of benzene rings is 1. The fourth-order valence-electron chi connectivity index (χ4n) is 11.9. The summed E-state index contributed by atoms with van der Waals surface area (Å²) in [5.74, 6) is -31.2. The molecular formula is C77H123N21O29. The van der Waals surface area contributed by atoms with Crippen molar-refractivity contribution in [3.8, 4) is 0 Å². The van der Waals surface area contributed by atoms with Gasteiger partial charge in [-0.15, -0.1) is 0 Å². The Labute approximate surface area is 729 Å². The smallest absolute Gasteiger partial charge is 0.326 e. The van der Waals surface area contributed by atoms with Gasteiger partial charge in [0.1, 0.15) is 90.6 Å². The Balaban J connectivity index is 3.64. The average molecular weight is 1810 g/mol. The van der Waals surface area contributed by atoms with Crippen LogP contribution >= 0.6 is 0 Å². The van der Waals surface area contributed by atoms with E-state index in [1.54, 1.807) is 26.8 Å². The zero-order valence-corrected chi connectivity index (χ0v) is 72.2. The molecule has 127 heavy (non-hydrogen) atoms. The maximum atomic E-state index is 14.6. The van der Waals surface area contributed by atoms with Crippen molar-refractivity contribution >= 4 is 136 Å². The van der Waals surface area contributed by atoms with E-state index < -0.39 is 328 Å². The van der Waals surface area contributed by atoms with E-state index in [2.05, 4.69) is 74.4 Å². The third-order valence-electron chi connectivity index (χ3n) is 19.2. The fraction of sp³-hybridized carbons (Fsp3) is 0.623. The maximum absolute atomic E-state index is 14.6. The molecular weight excluding hydrogens is 1680 g/mol. The van der Waals surface area contributed by atoms with E-state index >= 15 is 0 Å². The molecule has 710 valence electrons. The number of guanidine groups is 1. The molecule has 1 rings (SSSR count). The van der Waals surface area contributed by atoms with Crippen LogP contribution in [0.2, 0.25) is 0 Å². The van der Waals surface area contributed by atoms with Crippen LogP contribution in [-0.4, -0.2) is 288 Å². The molecule has 0 radical (unpaired) electrons. The first kappa shape index (κ1) is 112. The molecule has 1 aromatic rings. The molecule has 0 fully saturated rings. The molecule has 0 saturated carbocycles. The summed E-state index contributed by atoms with van der Waals surface area (Å²) in [7, 11) is 0. The molecule has 0 saturated heterocycles. The van der Waals surface area contributed by atoms with Crippen LogP contribution in [-0.2, 0) is 112 Å². The monoisotopic (exact) mass is 1810 g/mol. The van der Waals surface area contributed by atoms with Crippen molar-refractivity contribution in [2.75, 3.05) is 13.2 Å². The predicted molar refractivity (Wildman–Crippen MR) is 443 cm³/mol. The van der Waals surface area contributed by atoms with Crippen LogP contribution in [0.3, 0.4) is 0 Å². The topological polar surface area (TPSA) is 838 Å². The molecule has 0 aliphatic heterocycles. The summed E-state index contributed by atoms with van der Waals surface area (Å²) in [5, 5.41) is 114. The van der Waals surface area contributed by atoms with Gasteiger partial charge in [0.15, 0.2) is 5.96 Å². The van der Waals surface area contributed by atoms with Crippen LogP contribution < -0.4 is 108 Å². The maximum Gasteiger partial charge on any atom is 0.326 e. The first-order valence-electron chi connectivity index (χ1n) is 40.5. The molecule has 0 aromatic heterocycles. The van der Waals surface area contributed by atoms with E-state index in [0.29, 0.717) is 5.56 Å². The van der Waals surface area contributed by atoms with Gasteiger partial charge in [0, 0.05) is 32.2 Å². The van der Waals surface area contributed by atoms with Crippen molar-refractivity contribution in [2.45, 2.75) is 269 Å². The number of carbonyl (C=O) groups excluding carboxylic acids is 17.